The fourth-order valence-electron chi connectivity index (χ4n) is 2.70. The molecular formula is C20H16FN3O. The maximum atomic E-state index is 13.4. The summed E-state index contributed by atoms with van der Waals surface area (Å²) in [5.41, 5.74) is 2.88. The lowest BCUT2D eigenvalue weighted by atomic mass is 10.2. The molecule has 0 atom stereocenters. The van der Waals surface area contributed by atoms with Crippen LogP contribution in [0, 0.1) is 5.82 Å². The Labute approximate surface area is 144 Å². The van der Waals surface area contributed by atoms with Crippen molar-refractivity contribution >= 4 is 17.0 Å². The summed E-state index contributed by atoms with van der Waals surface area (Å²) in [7, 11) is 1.98. The lowest BCUT2D eigenvalue weighted by molar-refractivity contribution is 0.602. The molecule has 0 amide bonds. The monoisotopic (exact) mass is 333 g/mol. The standard InChI is InChI=1S/C20H16FN3O/c1-24(13-14-6-3-2-4-7-14)18-11-10-17-20(23-18)25-19(22-17)15-8-5-9-16(21)12-15/h2-12H,13H2,1H3. The molecule has 0 unspecified atom stereocenters. The van der Waals surface area contributed by atoms with Crippen molar-refractivity contribution in [3.63, 3.8) is 0 Å². The van der Waals surface area contributed by atoms with Gasteiger partial charge in [-0.15, -0.1) is 0 Å². The highest BCUT2D eigenvalue weighted by atomic mass is 19.1. The molecule has 0 aliphatic rings. The molecule has 0 aliphatic carbocycles. The molecule has 0 N–H and O–H groups in total. The minimum atomic E-state index is -0.323. The molecule has 0 saturated heterocycles. The highest BCUT2D eigenvalue weighted by molar-refractivity contribution is 5.74. The summed E-state index contributed by atoms with van der Waals surface area (Å²) in [6.07, 6.45) is 0. The highest BCUT2D eigenvalue weighted by Crippen LogP contribution is 2.25. The van der Waals surface area contributed by atoms with Gasteiger partial charge in [0.15, 0.2) is 0 Å². The second-order valence-electron chi connectivity index (χ2n) is 5.86. The average Bonchev–Trinajstić information content (AvgIpc) is 3.06. The Kier molecular flexibility index (Phi) is 3.90. The van der Waals surface area contributed by atoms with Crippen LogP contribution in [0.1, 0.15) is 5.56 Å². The molecule has 0 radical (unpaired) electrons. The van der Waals surface area contributed by atoms with Crippen LogP contribution >= 0.6 is 0 Å². The molecule has 4 nitrogen and oxygen atoms in total. The van der Waals surface area contributed by atoms with Gasteiger partial charge in [-0.25, -0.2) is 9.37 Å². The van der Waals surface area contributed by atoms with Gasteiger partial charge < -0.3 is 9.32 Å². The largest absolute Gasteiger partial charge is 0.418 e. The number of halogens is 1. The van der Waals surface area contributed by atoms with E-state index in [1.54, 1.807) is 12.1 Å². The van der Waals surface area contributed by atoms with Gasteiger partial charge in [0.25, 0.3) is 0 Å². The third-order valence-corrected chi connectivity index (χ3v) is 3.97. The van der Waals surface area contributed by atoms with Crippen molar-refractivity contribution in [1.29, 1.82) is 0 Å². The zero-order valence-corrected chi connectivity index (χ0v) is 13.7. The van der Waals surface area contributed by atoms with E-state index in [0.29, 0.717) is 22.7 Å². The SMILES string of the molecule is CN(Cc1ccccc1)c1ccc2nc(-c3cccc(F)c3)oc2n1. The second-order valence-corrected chi connectivity index (χ2v) is 5.86. The Morgan fingerprint density at radius 3 is 2.60 bits per heavy atom. The van der Waals surface area contributed by atoms with Gasteiger partial charge in [0.2, 0.25) is 11.6 Å². The van der Waals surface area contributed by atoms with E-state index in [2.05, 4.69) is 22.1 Å². The van der Waals surface area contributed by atoms with Gasteiger partial charge >= 0.3 is 0 Å². The Balaban J connectivity index is 1.64. The van der Waals surface area contributed by atoms with Crippen molar-refractivity contribution in [3.8, 4) is 11.5 Å². The summed E-state index contributed by atoms with van der Waals surface area (Å²) < 4.78 is 19.1. The smallest absolute Gasteiger partial charge is 0.249 e. The van der Waals surface area contributed by atoms with Crippen LogP contribution in [0.4, 0.5) is 10.2 Å². The van der Waals surface area contributed by atoms with E-state index in [0.717, 1.165) is 12.4 Å². The zero-order valence-electron chi connectivity index (χ0n) is 13.7. The van der Waals surface area contributed by atoms with Crippen LogP contribution < -0.4 is 4.90 Å². The normalized spacial score (nSPS) is 11.0. The van der Waals surface area contributed by atoms with Crippen LogP contribution in [0.25, 0.3) is 22.7 Å². The van der Waals surface area contributed by atoms with Crippen LogP contribution in [-0.4, -0.2) is 17.0 Å². The summed E-state index contributed by atoms with van der Waals surface area (Å²) in [5.74, 6) is 0.833. The quantitative estimate of drug-likeness (QED) is 0.544. The van der Waals surface area contributed by atoms with Crippen molar-refractivity contribution in [2.45, 2.75) is 6.54 Å². The molecule has 2 heterocycles. The number of pyridine rings is 1. The van der Waals surface area contributed by atoms with Crippen LogP contribution in [0.3, 0.4) is 0 Å². The first-order valence-corrected chi connectivity index (χ1v) is 7.97. The Morgan fingerprint density at radius 1 is 0.960 bits per heavy atom. The maximum Gasteiger partial charge on any atom is 0.249 e. The van der Waals surface area contributed by atoms with E-state index >= 15 is 0 Å². The number of nitrogens with zero attached hydrogens (tertiary/aromatic N) is 3. The number of aromatic nitrogens is 2. The van der Waals surface area contributed by atoms with E-state index in [9.17, 15) is 4.39 Å². The maximum absolute atomic E-state index is 13.4. The Morgan fingerprint density at radius 2 is 1.80 bits per heavy atom. The third kappa shape index (κ3) is 3.21. The molecule has 124 valence electrons. The van der Waals surface area contributed by atoms with Gasteiger partial charge in [0.05, 0.1) is 0 Å². The van der Waals surface area contributed by atoms with Gasteiger partial charge in [-0.3, -0.25) is 0 Å². The van der Waals surface area contributed by atoms with E-state index < -0.39 is 0 Å². The minimum absolute atomic E-state index is 0.323. The van der Waals surface area contributed by atoms with E-state index in [1.807, 2.05) is 42.3 Å². The summed E-state index contributed by atoms with van der Waals surface area (Å²) in [6.45, 7) is 0.740. The second kappa shape index (κ2) is 6.36. The fraction of sp³-hybridized carbons (Fsp3) is 0.100. The van der Waals surface area contributed by atoms with Gasteiger partial charge in [0.1, 0.15) is 17.2 Å². The van der Waals surface area contributed by atoms with Crippen LogP contribution in [0.5, 0.6) is 0 Å². The fourth-order valence-corrected chi connectivity index (χ4v) is 2.70. The summed E-state index contributed by atoms with van der Waals surface area (Å²) in [5, 5.41) is 0. The van der Waals surface area contributed by atoms with Crippen molar-refractivity contribution in [1.82, 2.24) is 9.97 Å². The number of hydrogen-bond acceptors (Lipinski definition) is 4. The number of hydrogen-bond donors (Lipinski definition) is 0. The van der Waals surface area contributed by atoms with Crippen molar-refractivity contribution in [3.05, 3.63) is 78.1 Å². The molecule has 25 heavy (non-hydrogen) atoms. The van der Waals surface area contributed by atoms with Gasteiger partial charge in [0, 0.05) is 19.2 Å². The first kappa shape index (κ1) is 15.3. The number of oxazole rings is 1. The predicted molar refractivity (Wildman–Crippen MR) is 95.7 cm³/mol. The van der Waals surface area contributed by atoms with Crippen molar-refractivity contribution < 1.29 is 8.81 Å². The summed E-state index contributed by atoms with van der Waals surface area (Å²) >= 11 is 0. The van der Waals surface area contributed by atoms with Crippen molar-refractivity contribution in [2.24, 2.45) is 0 Å². The molecule has 0 fully saturated rings. The van der Waals surface area contributed by atoms with Gasteiger partial charge in [-0.2, -0.15) is 4.98 Å². The summed E-state index contributed by atoms with van der Waals surface area (Å²) in [6, 6.07) is 20.1. The molecular weight excluding hydrogens is 317 g/mol. The molecule has 4 rings (SSSR count). The van der Waals surface area contributed by atoms with Crippen LogP contribution in [-0.2, 0) is 6.54 Å². The van der Waals surface area contributed by atoms with E-state index in [4.69, 9.17) is 4.42 Å². The summed E-state index contributed by atoms with van der Waals surface area (Å²) in [4.78, 5) is 11.0. The topological polar surface area (TPSA) is 42.2 Å². The molecule has 0 bridgehead atoms. The number of fused-ring (bicyclic) bond motifs is 1. The van der Waals surface area contributed by atoms with E-state index in [-0.39, 0.29) is 5.82 Å². The number of anilines is 1. The Hall–Kier alpha value is -3.21. The van der Waals surface area contributed by atoms with Gasteiger partial charge in [-0.05, 0) is 35.9 Å². The van der Waals surface area contributed by atoms with Crippen LogP contribution in [0.2, 0.25) is 0 Å². The lowest BCUT2D eigenvalue weighted by Gasteiger charge is -2.17. The van der Waals surface area contributed by atoms with E-state index in [1.165, 1.54) is 17.7 Å². The van der Waals surface area contributed by atoms with Crippen molar-refractivity contribution in [2.75, 3.05) is 11.9 Å². The molecule has 4 aromatic rings. The third-order valence-electron chi connectivity index (χ3n) is 3.97. The minimum Gasteiger partial charge on any atom is -0.418 e. The molecule has 0 aliphatic heterocycles. The molecule has 2 aromatic carbocycles. The molecule has 0 saturated carbocycles. The molecule has 5 heteroatoms. The molecule has 2 aromatic heterocycles. The number of rotatable bonds is 4. The highest BCUT2D eigenvalue weighted by Gasteiger charge is 2.12. The molecule has 0 spiro atoms. The van der Waals surface area contributed by atoms with Gasteiger partial charge in [-0.1, -0.05) is 36.4 Å². The number of benzene rings is 2. The first-order valence-electron chi connectivity index (χ1n) is 7.97. The Bertz CT molecular complexity index is 1010. The van der Waals surface area contributed by atoms with Crippen LogP contribution in [0.15, 0.2) is 71.1 Å². The predicted octanol–water partition coefficient (Wildman–Crippen LogP) is 4.67. The zero-order chi connectivity index (χ0) is 17.2. The lowest BCUT2D eigenvalue weighted by Crippen LogP contribution is -2.17. The average molecular weight is 333 g/mol. The first-order chi connectivity index (χ1) is 12.2.